The first kappa shape index (κ1) is 11.9. The molecule has 0 unspecified atom stereocenters. The van der Waals surface area contributed by atoms with E-state index in [1.807, 2.05) is 30.3 Å². The summed E-state index contributed by atoms with van der Waals surface area (Å²) in [7, 11) is 0. The highest BCUT2D eigenvalue weighted by Crippen LogP contribution is 2.35. The Balaban J connectivity index is 1.97. The summed E-state index contributed by atoms with van der Waals surface area (Å²) in [5.74, 6) is 0.732. The van der Waals surface area contributed by atoms with Gasteiger partial charge in [0.15, 0.2) is 6.61 Å². The van der Waals surface area contributed by atoms with Gasteiger partial charge in [-0.3, -0.25) is 0 Å². The zero-order valence-corrected chi connectivity index (χ0v) is 9.65. The van der Waals surface area contributed by atoms with Gasteiger partial charge in [0, 0.05) is 17.6 Å². The van der Waals surface area contributed by atoms with Crippen molar-refractivity contribution in [1.82, 2.24) is 5.32 Å². The van der Waals surface area contributed by atoms with Gasteiger partial charge in [0.05, 0.1) is 6.61 Å². The van der Waals surface area contributed by atoms with Crippen LogP contribution in [0.3, 0.4) is 0 Å². The summed E-state index contributed by atoms with van der Waals surface area (Å²) >= 11 is 0. The van der Waals surface area contributed by atoms with Crippen LogP contribution in [0.5, 0.6) is 5.75 Å². The van der Waals surface area contributed by atoms with Crippen LogP contribution in [0.1, 0.15) is 18.4 Å². The van der Waals surface area contributed by atoms with Crippen molar-refractivity contribution in [1.29, 1.82) is 5.26 Å². The number of para-hydroxylation sites is 1. The van der Waals surface area contributed by atoms with Gasteiger partial charge in [0.1, 0.15) is 11.8 Å². The van der Waals surface area contributed by atoms with Gasteiger partial charge < -0.3 is 15.2 Å². The Kier molecular flexibility index (Phi) is 3.62. The van der Waals surface area contributed by atoms with Gasteiger partial charge in [-0.25, -0.2) is 0 Å². The average Bonchev–Trinajstić information content (AvgIpc) is 3.15. The molecule has 4 heteroatoms. The number of hydrogen-bond acceptors (Lipinski definition) is 4. The van der Waals surface area contributed by atoms with Gasteiger partial charge in [-0.2, -0.15) is 5.26 Å². The molecule has 1 aliphatic carbocycles. The van der Waals surface area contributed by atoms with Gasteiger partial charge >= 0.3 is 0 Å². The highest BCUT2D eigenvalue weighted by atomic mass is 16.5. The third-order valence-corrected chi connectivity index (χ3v) is 3.07. The molecule has 0 heterocycles. The van der Waals surface area contributed by atoms with Crippen LogP contribution in [-0.2, 0) is 6.54 Å². The second kappa shape index (κ2) is 5.17. The molecule has 0 aliphatic heterocycles. The summed E-state index contributed by atoms with van der Waals surface area (Å²) in [6.45, 7) is 0.887. The SMILES string of the molecule is N#CCOc1ccccc1CNC1(CO)CC1. The molecule has 0 saturated heterocycles. The molecule has 90 valence electrons. The smallest absolute Gasteiger partial charge is 0.174 e. The van der Waals surface area contributed by atoms with Crippen molar-refractivity contribution in [3.8, 4) is 11.8 Å². The number of benzene rings is 1. The lowest BCUT2D eigenvalue weighted by Gasteiger charge is -2.16. The molecular weight excluding hydrogens is 216 g/mol. The molecule has 17 heavy (non-hydrogen) atoms. The van der Waals surface area contributed by atoms with Crippen LogP contribution in [0.2, 0.25) is 0 Å². The van der Waals surface area contributed by atoms with Crippen LogP contribution in [0, 0.1) is 11.3 Å². The molecule has 0 atom stereocenters. The Bertz CT molecular complexity index is 422. The van der Waals surface area contributed by atoms with Crippen LogP contribution in [0.15, 0.2) is 24.3 Å². The molecule has 1 fully saturated rings. The van der Waals surface area contributed by atoms with Crippen molar-refractivity contribution in [2.24, 2.45) is 0 Å². The third-order valence-electron chi connectivity index (χ3n) is 3.07. The fourth-order valence-corrected chi connectivity index (χ4v) is 1.73. The van der Waals surface area contributed by atoms with E-state index in [1.165, 1.54) is 0 Å². The number of hydrogen-bond donors (Lipinski definition) is 2. The van der Waals surface area contributed by atoms with Crippen molar-refractivity contribution < 1.29 is 9.84 Å². The second-order valence-electron chi connectivity index (χ2n) is 4.35. The molecule has 1 saturated carbocycles. The Labute approximate surface area is 101 Å². The number of ether oxygens (including phenoxy) is 1. The Hall–Kier alpha value is -1.57. The topological polar surface area (TPSA) is 65.3 Å². The van der Waals surface area contributed by atoms with Gasteiger partial charge in [-0.15, -0.1) is 0 Å². The van der Waals surface area contributed by atoms with Crippen molar-refractivity contribution in [2.75, 3.05) is 13.2 Å². The molecule has 4 nitrogen and oxygen atoms in total. The lowest BCUT2D eigenvalue weighted by atomic mass is 10.2. The van der Waals surface area contributed by atoms with Crippen LogP contribution in [0.4, 0.5) is 0 Å². The maximum Gasteiger partial charge on any atom is 0.174 e. The minimum absolute atomic E-state index is 0.0577. The van der Waals surface area contributed by atoms with E-state index in [9.17, 15) is 5.11 Å². The molecule has 0 bridgehead atoms. The number of aliphatic hydroxyl groups excluding tert-OH is 1. The fourth-order valence-electron chi connectivity index (χ4n) is 1.73. The summed E-state index contributed by atoms with van der Waals surface area (Å²) in [5, 5.41) is 21.1. The monoisotopic (exact) mass is 232 g/mol. The van der Waals surface area contributed by atoms with Crippen LogP contribution >= 0.6 is 0 Å². The fraction of sp³-hybridized carbons (Fsp3) is 0.462. The predicted molar refractivity (Wildman–Crippen MR) is 63.4 cm³/mol. The maximum atomic E-state index is 9.21. The highest BCUT2D eigenvalue weighted by Gasteiger charge is 2.41. The molecule has 0 radical (unpaired) electrons. The summed E-state index contributed by atoms with van der Waals surface area (Å²) < 4.78 is 5.34. The van der Waals surface area contributed by atoms with Crippen LogP contribution < -0.4 is 10.1 Å². The van der Waals surface area contributed by atoms with E-state index in [2.05, 4.69) is 5.32 Å². The first-order chi connectivity index (χ1) is 8.29. The highest BCUT2D eigenvalue weighted by molar-refractivity contribution is 5.33. The Morgan fingerprint density at radius 2 is 2.18 bits per heavy atom. The van der Waals surface area contributed by atoms with E-state index in [-0.39, 0.29) is 18.8 Å². The number of rotatable bonds is 6. The first-order valence-corrected chi connectivity index (χ1v) is 5.73. The van der Waals surface area contributed by atoms with E-state index in [1.54, 1.807) is 0 Å². The normalized spacial score (nSPS) is 16.2. The summed E-state index contributed by atoms with van der Waals surface area (Å²) in [4.78, 5) is 0. The van der Waals surface area contributed by atoms with Gasteiger partial charge in [-0.05, 0) is 18.9 Å². The minimum Gasteiger partial charge on any atom is -0.478 e. The zero-order valence-electron chi connectivity index (χ0n) is 9.65. The van der Waals surface area contributed by atoms with E-state index in [0.29, 0.717) is 6.54 Å². The van der Waals surface area contributed by atoms with Gasteiger partial charge in [0.25, 0.3) is 0 Å². The van der Waals surface area contributed by atoms with E-state index in [0.717, 1.165) is 24.2 Å². The van der Waals surface area contributed by atoms with E-state index < -0.39 is 0 Å². The molecule has 0 aromatic heterocycles. The average molecular weight is 232 g/mol. The van der Waals surface area contributed by atoms with E-state index >= 15 is 0 Å². The van der Waals surface area contributed by atoms with Gasteiger partial charge in [0.2, 0.25) is 0 Å². The summed E-state index contributed by atoms with van der Waals surface area (Å²) in [5.41, 5.74) is 0.935. The van der Waals surface area contributed by atoms with E-state index in [4.69, 9.17) is 10.00 Å². The Morgan fingerprint density at radius 3 is 2.82 bits per heavy atom. The molecular formula is C13H16N2O2. The standard InChI is InChI=1S/C13H16N2O2/c14-7-8-17-12-4-2-1-3-11(12)9-15-13(10-16)5-6-13/h1-4,15-16H,5-6,8-10H2. The number of nitrogens with one attached hydrogen (secondary N) is 1. The lowest BCUT2D eigenvalue weighted by molar-refractivity contribution is 0.229. The number of aliphatic hydroxyl groups is 1. The third kappa shape index (κ3) is 2.96. The first-order valence-electron chi connectivity index (χ1n) is 5.73. The summed E-state index contributed by atoms with van der Waals surface area (Å²) in [6.07, 6.45) is 2.04. The van der Waals surface area contributed by atoms with Crippen molar-refractivity contribution in [2.45, 2.75) is 24.9 Å². The molecule has 0 amide bonds. The molecule has 1 aromatic rings. The second-order valence-corrected chi connectivity index (χ2v) is 4.35. The van der Waals surface area contributed by atoms with Crippen LogP contribution in [-0.4, -0.2) is 23.9 Å². The molecule has 0 spiro atoms. The van der Waals surface area contributed by atoms with Gasteiger partial charge in [-0.1, -0.05) is 18.2 Å². The molecule has 2 N–H and O–H groups in total. The zero-order chi connectivity index (χ0) is 12.1. The quantitative estimate of drug-likeness (QED) is 0.773. The molecule has 2 rings (SSSR count). The summed E-state index contributed by atoms with van der Waals surface area (Å²) in [6, 6.07) is 9.60. The molecule has 1 aromatic carbocycles. The largest absolute Gasteiger partial charge is 0.478 e. The maximum absolute atomic E-state index is 9.21. The molecule has 1 aliphatic rings. The van der Waals surface area contributed by atoms with Crippen molar-refractivity contribution in [3.05, 3.63) is 29.8 Å². The van der Waals surface area contributed by atoms with Crippen molar-refractivity contribution in [3.63, 3.8) is 0 Å². The van der Waals surface area contributed by atoms with Crippen molar-refractivity contribution >= 4 is 0 Å². The Morgan fingerprint density at radius 1 is 1.41 bits per heavy atom. The predicted octanol–water partition coefficient (Wildman–Crippen LogP) is 1.20. The lowest BCUT2D eigenvalue weighted by Crippen LogP contribution is -2.34. The number of nitrogens with zero attached hydrogens (tertiary/aromatic N) is 1. The number of nitriles is 1. The van der Waals surface area contributed by atoms with Crippen LogP contribution in [0.25, 0.3) is 0 Å². The minimum atomic E-state index is -0.0810.